The van der Waals surface area contributed by atoms with Gasteiger partial charge in [0.25, 0.3) is 0 Å². The van der Waals surface area contributed by atoms with E-state index in [1.807, 2.05) is 6.92 Å². The Bertz CT molecular complexity index is 350. The molecule has 2 heteroatoms. The summed E-state index contributed by atoms with van der Waals surface area (Å²) in [6.45, 7) is 4.52. The van der Waals surface area contributed by atoms with Gasteiger partial charge in [0.05, 0.1) is 6.61 Å². The summed E-state index contributed by atoms with van der Waals surface area (Å²) in [5.74, 6) is 0.642. The highest BCUT2D eigenvalue weighted by Crippen LogP contribution is 2.34. The lowest BCUT2D eigenvalue weighted by Crippen LogP contribution is -2.38. The number of nitrogens with one attached hydrogen (secondary N) is 1. The summed E-state index contributed by atoms with van der Waals surface area (Å²) >= 11 is 0. The molecule has 0 fully saturated rings. The van der Waals surface area contributed by atoms with E-state index in [9.17, 15) is 0 Å². The zero-order valence-electron chi connectivity index (χ0n) is 10.1. The second-order valence-electron chi connectivity index (χ2n) is 4.94. The van der Waals surface area contributed by atoms with Crippen LogP contribution in [0.2, 0.25) is 0 Å². The van der Waals surface area contributed by atoms with Gasteiger partial charge in [-0.2, -0.15) is 0 Å². The quantitative estimate of drug-likeness (QED) is 0.817. The van der Waals surface area contributed by atoms with Crippen LogP contribution in [0.3, 0.4) is 0 Å². The minimum absolute atomic E-state index is 0.165. The Kier molecular flexibility index (Phi) is 3.62. The first kappa shape index (κ1) is 11.6. The number of aliphatic hydroxyl groups is 1. The second-order valence-corrected chi connectivity index (χ2v) is 4.94. The van der Waals surface area contributed by atoms with E-state index in [1.54, 1.807) is 0 Å². The molecule has 0 saturated heterocycles. The second kappa shape index (κ2) is 4.98. The molecule has 16 heavy (non-hydrogen) atoms. The standard InChI is InChI=1S/C14H21NO/c1-10-7-8-12-5-3-4-6-13(12)14(10)15-11(2)9-16/h3-6,10-11,14-16H,7-9H2,1-2H3/t10?,11-,14?/m1/s1. The molecule has 2 N–H and O–H groups in total. The van der Waals surface area contributed by atoms with Gasteiger partial charge in [-0.25, -0.2) is 0 Å². The lowest BCUT2D eigenvalue weighted by molar-refractivity contribution is 0.220. The van der Waals surface area contributed by atoms with Crippen LogP contribution in [-0.2, 0) is 6.42 Å². The van der Waals surface area contributed by atoms with Gasteiger partial charge in [0.1, 0.15) is 0 Å². The van der Waals surface area contributed by atoms with Gasteiger partial charge in [-0.3, -0.25) is 0 Å². The third-order valence-corrected chi connectivity index (χ3v) is 3.57. The fourth-order valence-electron chi connectivity index (χ4n) is 2.53. The maximum atomic E-state index is 9.14. The maximum absolute atomic E-state index is 9.14. The van der Waals surface area contributed by atoms with Gasteiger partial charge in [0, 0.05) is 12.1 Å². The molecular formula is C14H21NO. The molecule has 1 aliphatic rings. The first-order valence-corrected chi connectivity index (χ1v) is 6.17. The van der Waals surface area contributed by atoms with Gasteiger partial charge < -0.3 is 10.4 Å². The zero-order chi connectivity index (χ0) is 11.5. The van der Waals surface area contributed by atoms with Gasteiger partial charge in [-0.1, -0.05) is 31.2 Å². The molecule has 0 aromatic heterocycles. The molecule has 0 bridgehead atoms. The minimum atomic E-state index is 0.165. The van der Waals surface area contributed by atoms with Crippen LogP contribution < -0.4 is 5.32 Å². The van der Waals surface area contributed by atoms with E-state index in [0.717, 1.165) is 0 Å². The van der Waals surface area contributed by atoms with Gasteiger partial charge in [0.15, 0.2) is 0 Å². The van der Waals surface area contributed by atoms with Crippen LogP contribution in [0.15, 0.2) is 24.3 Å². The molecule has 1 aliphatic carbocycles. The van der Waals surface area contributed by atoms with Crippen LogP contribution in [0.4, 0.5) is 0 Å². The fourth-order valence-corrected chi connectivity index (χ4v) is 2.53. The predicted octanol–water partition coefficient (Wildman–Crippen LogP) is 2.28. The third kappa shape index (κ3) is 2.28. The van der Waals surface area contributed by atoms with Crippen LogP contribution >= 0.6 is 0 Å². The van der Waals surface area contributed by atoms with Crippen LogP contribution in [-0.4, -0.2) is 17.8 Å². The average molecular weight is 219 g/mol. The first-order chi connectivity index (χ1) is 7.72. The van der Waals surface area contributed by atoms with Gasteiger partial charge in [-0.15, -0.1) is 0 Å². The monoisotopic (exact) mass is 219 g/mol. The number of rotatable bonds is 3. The summed E-state index contributed by atoms with van der Waals surface area (Å²) in [7, 11) is 0. The molecule has 88 valence electrons. The molecule has 1 aromatic carbocycles. The van der Waals surface area contributed by atoms with E-state index in [4.69, 9.17) is 5.11 Å². The number of hydrogen-bond donors (Lipinski definition) is 2. The van der Waals surface area contributed by atoms with Crippen molar-refractivity contribution >= 4 is 0 Å². The Morgan fingerprint density at radius 3 is 2.94 bits per heavy atom. The lowest BCUT2D eigenvalue weighted by atomic mass is 9.80. The highest BCUT2D eigenvalue weighted by molar-refractivity contribution is 5.32. The number of aliphatic hydroxyl groups excluding tert-OH is 1. The minimum Gasteiger partial charge on any atom is -0.395 e. The molecule has 3 atom stereocenters. The number of fused-ring (bicyclic) bond motifs is 1. The zero-order valence-corrected chi connectivity index (χ0v) is 10.1. The van der Waals surface area contributed by atoms with Crippen molar-refractivity contribution in [2.75, 3.05) is 6.61 Å². The smallest absolute Gasteiger partial charge is 0.0582 e. The molecule has 2 rings (SSSR count). The van der Waals surface area contributed by atoms with Gasteiger partial charge >= 0.3 is 0 Å². The maximum Gasteiger partial charge on any atom is 0.0582 e. The number of hydrogen-bond acceptors (Lipinski definition) is 2. The summed E-state index contributed by atoms with van der Waals surface area (Å²) < 4.78 is 0. The van der Waals surface area contributed by atoms with E-state index in [-0.39, 0.29) is 12.6 Å². The highest BCUT2D eigenvalue weighted by atomic mass is 16.3. The van der Waals surface area contributed by atoms with Gasteiger partial charge in [0.2, 0.25) is 0 Å². The van der Waals surface area contributed by atoms with Crippen molar-refractivity contribution in [3.05, 3.63) is 35.4 Å². The van der Waals surface area contributed by atoms with Crippen molar-refractivity contribution in [1.29, 1.82) is 0 Å². The SMILES string of the molecule is CC1CCc2ccccc2C1N[C@H](C)CO. The van der Waals surface area contributed by atoms with Gasteiger partial charge in [-0.05, 0) is 36.8 Å². The Morgan fingerprint density at radius 1 is 1.44 bits per heavy atom. The third-order valence-electron chi connectivity index (χ3n) is 3.57. The summed E-state index contributed by atoms with van der Waals surface area (Å²) in [6.07, 6.45) is 2.41. The number of aryl methyl sites for hydroxylation is 1. The van der Waals surface area contributed by atoms with E-state index >= 15 is 0 Å². The van der Waals surface area contributed by atoms with E-state index in [0.29, 0.717) is 12.0 Å². The molecule has 2 unspecified atom stereocenters. The van der Waals surface area contributed by atoms with Crippen molar-refractivity contribution in [3.8, 4) is 0 Å². The summed E-state index contributed by atoms with van der Waals surface area (Å²) in [4.78, 5) is 0. The molecule has 0 amide bonds. The molecule has 0 heterocycles. The van der Waals surface area contributed by atoms with Crippen molar-refractivity contribution in [2.45, 2.75) is 38.8 Å². The van der Waals surface area contributed by atoms with E-state index in [1.165, 1.54) is 24.0 Å². The largest absolute Gasteiger partial charge is 0.395 e. The molecule has 0 radical (unpaired) electrons. The topological polar surface area (TPSA) is 32.3 Å². The van der Waals surface area contributed by atoms with E-state index < -0.39 is 0 Å². The Hall–Kier alpha value is -0.860. The Labute approximate surface area is 97.7 Å². The molecular weight excluding hydrogens is 198 g/mol. The Balaban J connectivity index is 2.22. The highest BCUT2D eigenvalue weighted by Gasteiger charge is 2.26. The normalized spacial score (nSPS) is 26.2. The summed E-state index contributed by atoms with van der Waals surface area (Å²) in [5, 5.41) is 12.7. The number of benzene rings is 1. The van der Waals surface area contributed by atoms with Crippen LogP contribution in [0, 0.1) is 5.92 Å². The predicted molar refractivity (Wildman–Crippen MR) is 66.4 cm³/mol. The lowest BCUT2D eigenvalue weighted by Gasteiger charge is -2.34. The van der Waals surface area contributed by atoms with Crippen LogP contribution in [0.25, 0.3) is 0 Å². The van der Waals surface area contributed by atoms with Crippen molar-refractivity contribution in [1.82, 2.24) is 5.32 Å². The Morgan fingerprint density at radius 2 is 2.19 bits per heavy atom. The van der Waals surface area contributed by atoms with Crippen molar-refractivity contribution in [3.63, 3.8) is 0 Å². The summed E-state index contributed by atoms with van der Waals surface area (Å²) in [6, 6.07) is 9.22. The molecule has 0 spiro atoms. The van der Waals surface area contributed by atoms with Crippen molar-refractivity contribution in [2.24, 2.45) is 5.92 Å². The van der Waals surface area contributed by atoms with E-state index in [2.05, 4.69) is 36.5 Å². The summed E-state index contributed by atoms with van der Waals surface area (Å²) in [5.41, 5.74) is 2.88. The molecule has 0 saturated carbocycles. The molecule has 2 nitrogen and oxygen atoms in total. The van der Waals surface area contributed by atoms with Crippen molar-refractivity contribution < 1.29 is 5.11 Å². The fraction of sp³-hybridized carbons (Fsp3) is 0.571. The first-order valence-electron chi connectivity index (χ1n) is 6.17. The van der Waals surface area contributed by atoms with Crippen LogP contribution in [0.1, 0.15) is 37.4 Å². The molecule has 1 aromatic rings. The van der Waals surface area contributed by atoms with Crippen LogP contribution in [0.5, 0.6) is 0 Å². The average Bonchev–Trinajstić information content (AvgIpc) is 2.32. The molecule has 0 aliphatic heterocycles.